The van der Waals surface area contributed by atoms with E-state index in [-0.39, 0.29) is 11.3 Å². The largest absolute Gasteiger partial charge is 0.325 e. The smallest absolute Gasteiger partial charge is 0.232 e. The number of pyridine rings is 1. The van der Waals surface area contributed by atoms with Crippen LogP contribution in [0.3, 0.4) is 0 Å². The van der Waals surface area contributed by atoms with Gasteiger partial charge in [0, 0.05) is 35.4 Å². The molecule has 21 heavy (non-hydrogen) atoms. The monoisotopic (exact) mass is 283 g/mol. The molecule has 2 aromatic rings. The molecule has 1 unspecified atom stereocenters. The highest BCUT2D eigenvalue weighted by Gasteiger charge is 2.43. The summed E-state index contributed by atoms with van der Waals surface area (Å²) in [7, 11) is 0. The summed E-state index contributed by atoms with van der Waals surface area (Å²) in [5, 5.41) is 8.54. The van der Waals surface area contributed by atoms with Crippen molar-refractivity contribution in [3.8, 4) is 0 Å². The maximum absolute atomic E-state index is 12.9. The molecule has 110 valence electrons. The van der Waals surface area contributed by atoms with Crippen LogP contribution in [0.5, 0.6) is 0 Å². The van der Waals surface area contributed by atoms with Crippen molar-refractivity contribution < 1.29 is 4.79 Å². The lowest BCUT2D eigenvalue weighted by Gasteiger charge is -2.31. The van der Waals surface area contributed by atoms with Gasteiger partial charge in [0.2, 0.25) is 5.91 Å². The predicted octanol–water partition coefficient (Wildman–Crippen LogP) is 2.81. The van der Waals surface area contributed by atoms with Crippen LogP contribution in [-0.4, -0.2) is 24.0 Å². The molecule has 0 saturated carbocycles. The highest BCUT2D eigenvalue weighted by Crippen LogP contribution is 2.36. The summed E-state index contributed by atoms with van der Waals surface area (Å²) < 4.78 is 0. The molecule has 1 aromatic heterocycles. The summed E-state index contributed by atoms with van der Waals surface area (Å²) >= 11 is 0. The molecular weight excluding hydrogens is 262 g/mol. The molecule has 2 heterocycles. The lowest BCUT2D eigenvalue weighted by molar-refractivity contribution is -0.126. The van der Waals surface area contributed by atoms with Crippen LogP contribution in [0, 0.1) is 11.3 Å². The Morgan fingerprint density at radius 2 is 2.24 bits per heavy atom. The molecule has 0 radical (unpaired) electrons. The Kier molecular flexibility index (Phi) is 3.64. The van der Waals surface area contributed by atoms with E-state index in [1.807, 2.05) is 30.5 Å². The number of amides is 1. The molecule has 1 aliphatic rings. The number of carbonyl (C=O) groups is 1. The minimum atomic E-state index is -0.310. The molecular formula is C17H21N3O. The zero-order valence-electron chi connectivity index (χ0n) is 12.5. The van der Waals surface area contributed by atoms with E-state index in [9.17, 15) is 4.79 Å². The SMILES string of the molecule is CC(C)C1(C(=O)Nc2cccc3cnccc23)CCNC1. The van der Waals surface area contributed by atoms with Gasteiger partial charge in [-0.05, 0) is 31.0 Å². The van der Waals surface area contributed by atoms with Crippen molar-refractivity contribution in [2.24, 2.45) is 11.3 Å². The number of anilines is 1. The standard InChI is InChI=1S/C17H21N3O/c1-12(2)17(7-9-19-11-17)16(21)20-15-5-3-4-13-10-18-8-6-14(13)15/h3-6,8,10,12,19H,7,9,11H2,1-2H3,(H,20,21). The van der Waals surface area contributed by atoms with Crippen molar-refractivity contribution in [2.45, 2.75) is 20.3 Å². The average molecular weight is 283 g/mol. The number of nitrogens with one attached hydrogen (secondary N) is 2. The highest BCUT2D eigenvalue weighted by molar-refractivity contribution is 6.04. The van der Waals surface area contributed by atoms with E-state index < -0.39 is 0 Å². The van der Waals surface area contributed by atoms with E-state index in [0.29, 0.717) is 5.92 Å². The van der Waals surface area contributed by atoms with Crippen LogP contribution in [0.2, 0.25) is 0 Å². The van der Waals surface area contributed by atoms with Gasteiger partial charge in [-0.1, -0.05) is 26.0 Å². The molecule has 1 fully saturated rings. The maximum Gasteiger partial charge on any atom is 0.232 e. The zero-order chi connectivity index (χ0) is 14.9. The van der Waals surface area contributed by atoms with Gasteiger partial charge in [-0.3, -0.25) is 9.78 Å². The van der Waals surface area contributed by atoms with E-state index in [2.05, 4.69) is 29.5 Å². The maximum atomic E-state index is 12.9. The summed E-state index contributed by atoms with van der Waals surface area (Å²) in [6, 6.07) is 7.86. The molecule has 1 aliphatic heterocycles. The fraction of sp³-hybridized carbons (Fsp3) is 0.412. The van der Waals surface area contributed by atoms with Crippen molar-refractivity contribution >= 4 is 22.4 Å². The second-order valence-electron chi connectivity index (χ2n) is 6.09. The Labute approximate surface area is 125 Å². The van der Waals surface area contributed by atoms with Gasteiger partial charge < -0.3 is 10.6 Å². The first kappa shape index (κ1) is 14.0. The Hall–Kier alpha value is -1.94. The van der Waals surface area contributed by atoms with Gasteiger partial charge in [0.25, 0.3) is 0 Å². The van der Waals surface area contributed by atoms with Gasteiger partial charge in [0.15, 0.2) is 0 Å². The molecule has 1 aromatic carbocycles. The number of carbonyl (C=O) groups excluding carboxylic acids is 1. The van der Waals surface area contributed by atoms with Crippen LogP contribution in [0.1, 0.15) is 20.3 Å². The third-order valence-electron chi connectivity index (χ3n) is 4.67. The fourth-order valence-electron chi connectivity index (χ4n) is 3.14. The first-order valence-electron chi connectivity index (χ1n) is 7.48. The lowest BCUT2D eigenvalue weighted by atomic mass is 9.75. The second-order valence-corrected chi connectivity index (χ2v) is 6.09. The van der Waals surface area contributed by atoms with Crippen LogP contribution in [0.15, 0.2) is 36.7 Å². The van der Waals surface area contributed by atoms with E-state index in [0.717, 1.165) is 36.0 Å². The quantitative estimate of drug-likeness (QED) is 0.910. The van der Waals surface area contributed by atoms with Gasteiger partial charge in [0.05, 0.1) is 5.41 Å². The second kappa shape index (κ2) is 5.45. The summed E-state index contributed by atoms with van der Waals surface area (Å²) in [4.78, 5) is 17.0. The van der Waals surface area contributed by atoms with Crippen molar-refractivity contribution in [1.82, 2.24) is 10.3 Å². The van der Waals surface area contributed by atoms with Gasteiger partial charge in [-0.15, -0.1) is 0 Å². The van der Waals surface area contributed by atoms with Crippen LogP contribution >= 0.6 is 0 Å². The number of hydrogen-bond acceptors (Lipinski definition) is 3. The highest BCUT2D eigenvalue weighted by atomic mass is 16.2. The average Bonchev–Trinajstić information content (AvgIpc) is 2.98. The zero-order valence-corrected chi connectivity index (χ0v) is 12.5. The van der Waals surface area contributed by atoms with Gasteiger partial charge >= 0.3 is 0 Å². The van der Waals surface area contributed by atoms with E-state index in [1.165, 1.54) is 0 Å². The van der Waals surface area contributed by atoms with Crippen LogP contribution in [0.4, 0.5) is 5.69 Å². The van der Waals surface area contributed by atoms with Crippen molar-refractivity contribution in [2.75, 3.05) is 18.4 Å². The first-order valence-corrected chi connectivity index (χ1v) is 7.48. The Balaban J connectivity index is 1.93. The van der Waals surface area contributed by atoms with Gasteiger partial charge in [-0.2, -0.15) is 0 Å². The summed E-state index contributed by atoms with van der Waals surface area (Å²) in [5.41, 5.74) is 0.557. The molecule has 1 saturated heterocycles. The minimum Gasteiger partial charge on any atom is -0.325 e. The molecule has 1 atom stereocenters. The van der Waals surface area contributed by atoms with Crippen LogP contribution in [0.25, 0.3) is 10.8 Å². The Morgan fingerprint density at radius 3 is 2.95 bits per heavy atom. The van der Waals surface area contributed by atoms with Crippen molar-refractivity contribution in [1.29, 1.82) is 0 Å². The third kappa shape index (κ3) is 2.40. The van der Waals surface area contributed by atoms with Crippen molar-refractivity contribution in [3.05, 3.63) is 36.7 Å². The fourth-order valence-corrected chi connectivity index (χ4v) is 3.14. The Morgan fingerprint density at radius 1 is 1.38 bits per heavy atom. The number of nitrogens with zero attached hydrogens (tertiary/aromatic N) is 1. The number of rotatable bonds is 3. The molecule has 0 spiro atoms. The number of aromatic nitrogens is 1. The third-order valence-corrected chi connectivity index (χ3v) is 4.67. The Bertz CT molecular complexity index is 655. The normalized spacial score (nSPS) is 21.9. The van der Waals surface area contributed by atoms with Crippen molar-refractivity contribution in [3.63, 3.8) is 0 Å². The number of benzene rings is 1. The van der Waals surface area contributed by atoms with E-state index in [4.69, 9.17) is 0 Å². The summed E-state index contributed by atoms with van der Waals surface area (Å²) in [6.45, 7) is 5.91. The number of fused-ring (bicyclic) bond motifs is 1. The van der Waals surface area contributed by atoms with Crippen LogP contribution < -0.4 is 10.6 Å². The van der Waals surface area contributed by atoms with Crippen LogP contribution in [-0.2, 0) is 4.79 Å². The van der Waals surface area contributed by atoms with Gasteiger partial charge in [0.1, 0.15) is 0 Å². The summed E-state index contributed by atoms with van der Waals surface area (Å²) in [5.74, 6) is 0.427. The molecule has 2 N–H and O–H groups in total. The molecule has 1 amide bonds. The number of hydrogen-bond donors (Lipinski definition) is 2. The summed E-state index contributed by atoms with van der Waals surface area (Å²) in [6.07, 6.45) is 4.47. The molecule has 3 rings (SSSR count). The molecule has 4 nitrogen and oxygen atoms in total. The topological polar surface area (TPSA) is 54.0 Å². The van der Waals surface area contributed by atoms with E-state index >= 15 is 0 Å². The molecule has 4 heteroatoms. The van der Waals surface area contributed by atoms with Gasteiger partial charge in [-0.25, -0.2) is 0 Å². The minimum absolute atomic E-state index is 0.117. The first-order chi connectivity index (χ1) is 10.1. The lowest BCUT2D eigenvalue weighted by Crippen LogP contribution is -2.42. The molecule has 0 aliphatic carbocycles. The predicted molar refractivity (Wildman–Crippen MR) is 85.1 cm³/mol. The van der Waals surface area contributed by atoms with E-state index in [1.54, 1.807) is 6.20 Å². The molecule has 0 bridgehead atoms.